The summed E-state index contributed by atoms with van der Waals surface area (Å²) in [6.45, 7) is 2.90. The Labute approximate surface area is 115 Å². The van der Waals surface area contributed by atoms with Crippen molar-refractivity contribution in [1.82, 2.24) is 15.2 Å². The van der Waals surface area contributed by atoms with Crippen LogP contribution in [0.3, 0.4) is 0 Å². The van der Waals surface area contributed by atoms with Crippen LogP contribution in [0.1, 0.15) is 24.8 Å². The van der Waals surface area contributed by atoms with Crippen LogP contribution >= 0.6 is 0 Å². The summed E-state index contributed by atoms with van der Waals surface area (Å²) in [7, 11) is 1.99. The van der Waals surface area contributed by atoms with Crippen LogP contribution in [0.15, 0.2) is 24.5 Å². The quantitative estimate of drug-likeness (QED) is 0.873. The van der Waals surface area contributed by atoms with Gasteiger partial charge in [-0.15, -0.1) is 0 Å². The van der Waals surface area contributed by atoms with E-state index in [4.69, 9.17) is 0 Å². The molecule has 1 aliphatic rings. The van der Waals surface area contributed by atoms with Crippen molar-refractivity contribution in [3.05, 3.63) is 30.1 Å². The number of carbonyl (C=O) groups is 1. The molecule has 19 heavy (non-hydrogen) atoms. The van der Waals surface area contributed by atoms with Gasteiger partial charge in [-0.3, -0.25) is 9.78 Å². The Morgan fingerprint density at radius 2 is 2.26 bits per heavy atom. The van der Waals surface area contributed by atoms with E-state index in [0.29, 0.717) is 6.42 Å². The van der Waals surface area contributed by atoms with Crippen molar-refractivity contribution in [2.75, 3.05) is 26.7 Å². The van der Waals surface area contributed by atoms with E-state index in [1.54, 1.807) is 6.20 Å². The molecule has 0 saturated carbocycles. The van der Waals surface area contributed by atoms with E-state index < -0.39 is 0 Å². The summed E-state index contributed by atoms with van der Waals surface area (Å²) in [6.07, 6.45) is 7.24. The summed E-state index contributed by atoms with van der Waals surface area (Å²) in [6, 6.07) is 3.95. The van der Waals surface area contributed by atoms with Crippen molar-refractivity contribution >= 4 is 5.91 Å². The van der Waals surface area contributed by atoms with Gasteiger partial charge in [-0.25, -0.2) is 0 Å². The normalized spacial score (nSPS) is 16.6. The Kier molecular flexibility index (Phi) is 5.33. The summed E-state index contributed by atoms with van der Waals surface area (Å²) in [5.74, 6) is 1.01. The van der Waals surface area contributed by atoms with Crippen molar-refractivity contribution in [1.29, 1.82) is 0 Å². The molecule has 1 aromatic rings. The first-order valence-electron chi connectivity index (χ1n) is 7.11. The van der Waals surface area contributed by atoms with Crippen LogP contribution in [0.2, 0.25) is 0 Å². The molecule has 0 aromatic carbocycles. The summed E-state index contributed by atoms with van der Waals surface area (Å²) < 4.78 is 0. The van der Waals surface area contributed by atoms with Crippen LogP contribution in [-0.4, -0.2) is 42.5 Å². The number of piperidine rings is 1. The van der Waals surface area contributed by atoms with Gasteiger partial charge in [0.15, 0.2) is 0 Å². The van der Waals surface area contributed by atoms with Crippen LogP contribution < -0.4 is 5.32 Å². The van der Waals surface area contributed by atoms with Gasteiger partial charge >= 0.3 is 0 Å². The third-order valence-electron chi connectivity index (χ3n) is 3.81. The highest BCUT2D eigenvalue weighted by Crippen LogP contribution is 2.17. The van der Waals surface area contributed by atoms with Gasteiger partial charge in [0.2, 0.25) is 5.91 Å². The first-order valence-corrected chi connectivity index (χ1v) is 7.11. The van der Waals surface area contributed by atoms with Gasteiger partial charge < -0.3 is 10.2 Å². The van der Waals surface area contributed by atoms with Gasteiger partial charge in [-0.2, -0.15) is 0 Å². The number of aromatic nitrogens is 1. The molecule has 0 aliphatic carbocycles. The van der Waals surface area contributed by atoms with Crippen LogP contribution in [0.25, 0.3) is 0 Å². The number of nitrogens with one attached hydrogen (secondary N) is 1. The second kappa shape index (κ2) is 7.24. The molecular formula is C15H23N3O. The maximum atomic E-state index is 12.1. The zero-order valence-electron chi connectivity index (χ0n) is 11.6. The van der Waals surface area contributed by atoms with E-state index >= 15 is 0 Å². The molecule has 4 nitrogen and oxygen atoms in total. The molecule has 4 heteroatoms. The van der Waals surface area contributed by atoms with Gasteiger partial charge in [-0.1, -0.05) is 6.07 Å². The van der Waals surface area contributed by atoms with E-state index in [-0.39, 0.29) is 5.91 Å². The molecule has 0 atom stereocenters. The molecule has 0 unspecified atom stereocenters. The van der Waals surface area contributed by atoms with Crippen molar-refractivity contribution < 1.29 is 4.79 Å². The number of nitrogens with zero attached hydrogens (tertiary/aromatic N) is 2. The van der Waals surface area contributed by atoms with Gasteiger partial charge in [0, 0.05) is 31.9 Å². The highest BCUT2D eigenvalue weighted by atomic mass is 16.2. The number of aryl methyl sites for hydroxylation is 1. The molecule has 1 aliphatic heterocycles. The largest absolute Gasteiger partial charge is 0.343 e. The van der Waals surface area contributed by atoms with Crippen LogP contribution in [-0.2, 0) is 11.2 Å². The Bertz CT molecular complexity index is 386. The maximum Gasteiger partial charge on any atom is 0.222 e. The zero-order chi connectivity index (χ0) is 13.5. The molecular weight excluding hydrogens is 238 g/mol. The molecule has 0 radical (unpaired) electrons. The summed E-state index contributed by atoms with van der Waals surface area (Å²) in [5.41, 5.74) is 1.14. The van der Waals surface area contributed by atoms with E-state index in [2.05, 4.69) is 10.3 Å². The zero-order valence-corrected chi connectivity index (χ0v) is 11.6. The molecule has 0 spiro atoms. The van der Waals surface area contributed by atoms with Crippen molar-refractivity contribution in [2.45, 2.75) is 25.7 Å². The Balaban J connectivity index is 1.73. The minimum atomic E-state index is 0.284. The fourth-order valence-corrected chi connectivity index (χ4v) is 2.63. The summed E-state index contributed by atoms with van der Waals surface area (Å²) >= 11 is 0. The number of carbonyl (C=O) groups excluding carboxylic acids is 1. The monoisotopic (exact) mass is 261 g/mol. The smallest absolute Gasteiger partial charge is 0.222 e. The van der Waals surface area contributed by atoms with Gasteiger partial charge in [0.25, 0.3) is 0 Å². The molecule has 2 heterocycles. The van der Waals surface area contributed by atoms with Crippen LogP contribution in [0.5, 0.6) is 0 Å². The highest BCUT2D eigenvalue weighted by molar-refractivity contribution is 5.76. The third kappa shape index (κ3) is 4.31. The SMILES string of the molecule is CNCC1CCN(C(=O)CCc2cccnc2)CC1. The van der Waals surface area contributed by atoms with Gasteiger partial charge in [-0.05, 0) is 50.4 Å². The molecule has 104 valence electrons. The molecule has 2 rings (SSSR count). The Morgan fingerprint density at radius 1 is 1.47 bits per heavy atom. The number of hydrogen-bond acceptors (Lipinski definition) is 3. The number of rotatable bonds is 5. The number of hydrogen-bond donors (Lipinski definition) is 1. The highest BCUT2D eigenvalue weighted by Gasteiger charge is 2.21. The molecule has 0 bridgehead atoms. The minimum absolute atomic E-state index is 0.284. The molecule has 1 saturated heterocycles. The lowest BCUT2D eigenvalue weighted by atomic mass is 9.96. The molecule has 1 N–H and O–H groups in total. The second-order valence-electron chi connectivity index (χ2n) is 5.24. The Morgan fingerprint density at radius 3 is 2.89 bits per heavy atom. The fourth-order valence-electron chi connectivity index (χ4n) is 2.63. The fraction of sp³-hybridized carbons (Fsp3) is 0.600. The van der Waals surface area contributed by atoms with Gasteiger partial charge in [0.05, 0.1) is 0 Å². The molecule has 1 aromatic heterocycles. The predicted molar refractivity (Wildman–Crippen MR) is 75.8 cm³/mol. The number of likely N-dealkylation sites (tertiary alicyclic amines) is 1. The van der Waals surface area contributed by atoms with E-state index in [1.165, 1.54) is 0 Å². The van der Waals surface area contributed by atoms with Crippen LogP contribution in [0, 0.1) is 5.92 Å². The topological polar surface area (TPSA) is 45.2 Å². The Hall–Kier alpha value is -1.42. The number of amides is 1. The molecule has 1 fully saturated rings. The standard InChI is InChI=1S/C15H23N3O/c1-16-11-14-6-9-18(10-7-14)15(19)5-4-13-3-2-8-17-12-13/h2-3,8,12,14,16H,4-7,9-11H2,1H3. The van der Waals surface area contributed by atoms with Crippen molar-refractivity contribution in [3.8, 4) is 0 Å². The average molecular weight is 261 g/mol. The van der Waals surface area contributed by atoms with E-state index in [9.17, 15) is 4.79 Å². The van der Waals surface area contributed by atoms with Crippen molar-refractivity contribution in [2.24, 2.45) is 5.92 Å². The van der Waals surface area contributed by atoms with E-state index in [0.717, 1.165) is 50.4 Å². The molecule has 1 amide bonds. The van der Waals surface area contributed by atoms with E-state index in [1.807, 2.05) is 30.3 Å². The summed E-state index contributed by atoms with van der Waals surface area (Å²) in [5, 5.41) is 3.22. The average Bonchev–Trinajstić information content (AvgIpc) is 2.47. The predicted octanol–water partition coefficient (Wildman–Crippen LogP) is 1.47. The second-order valence-corrected chi connectivity index (χ2v) is 5.24. The first-order chi connectivity index (χ1) is 9.29. The third-order valence-corrected chi connectivity index (χ3v) is 3.81. The minimum Gasteiger partial charge on any atom is -0.343 e. The van der Waals surface area contributed by atoms with Crippen molar-refractivity contribution in [3.63, 3.8) is 0 Å². The lowest BCUT2D eigenvalue weighted by Gasteiger charge is -2.32. The van der Waals surface area contributed by atoms with Gasteiger partial charge in [0.1, 0.15) is 0 Å². The number of pyridine rings is 1. The van der Waals surface area contributed by atoms with Crippen LogP contribution in [0.4, 0.5) is 0 Å². The summed E-state index contributed by atoms with van der Waals surface area (Å²) in [4.78, 5) is 18.2. The first kappa shape index (κ1) is 14.0. The lowest BCUT2D eigenvalue weighted by molar-refractivity contribution is -0.132. The maximum absolute atomic E-state index is 12.1. The lowest BCUT2D eigenvalue weighted by Crippen LogP contribution is -2.40.